The first-order valence-electron chi connectivity index (χ1n) is 6.01. The Bertz CT molecular complexity index is 552. The monoisotopic (exact) mass is 246 g/mol. The van der Waals surface area contributed by atoms with E-state index < -0.39 is 0 Å². The van der Waals surface area contributed by atoms with Crippen LogP contribution < -0.4 is 10.2 Å². The predicted molar refractivity (Wildman–Crippen MR) is 69.5 cm³/mol. The van der Waals surface area contributed by atoms with E-state index >= 15 is 0 Å². The van der Waals surface area contributed by atoms with Gasteiger partial charge in [-0.05, 0) is 18.1 Å². The van der Waals surface area contributed by atoms with Gasteiger partial charge in [-0.2, -0.15) is 0 Å². The molecule has 0 bridgehead atoms. The first-order valence-corrected chi connectivity index (χ1v) is 6.01. The molecular weight excluding hydrogens is 231 g/mol. The third-order valence-corrected chi connectivity index (χ3v) is 3.33. The Kier molecular flexibility index (Phi) is 2.70. The van der Waals surface area contributed by atoms with Crippen molar-refractivity contribution in [1.29, 1.82) is 0 Å². The van der Waals surface area contributed by atoms with Crippen LogP contribution in [0, 0.1) is 5.82 Å². The summed E-state index contributed by atoms with van der Waals surface area (Å²) in [5, 5.41) is 3.38. The number of nitrogens with zero attached hydrogens (tertiary/aromatic N) is 1. The van der Waals surface area contributed by atoms with E-state index in [1.807, 2.05) is 19.2 Å². The maximum absolute atomic E-state index is 13.6. The van der Waals surface area contributed by atoms with Gasteiger partial charge in [-0.1, -0.05) is 18.2 Å². The van der Waals surface area contributed by atoms with Crippen molar-refractivity contribution in [3.05, 3.63) is 48.2 Å². The summed E-state index contributed by atoms with van der Waals surface area (Å²) in [6, 6.07) is 7.12. The van der Waals surface area contributed by atoms with E-state index in [0.29, 0.717) is 6.42 Å². The molecule has 18 heavy (non-hydrogen) atoms. The molecular formula is C14H15FN2O. The van der Waals surface area contributed by atoms with Gasteiger partial charge in [-0.15, -0.1) is 0 Å². The SMILES string of the molecule is CN1CC(Cc2ccccc2F)Nc2cocc21. The van der Waals surface area contributed by atoms with Crippen molar-refractivity contribution in [2.75, 3.05) is 23.8 Å². The summed E-state index contributed by atoms with van der Waals surface area (Å²) in [7, 11) is 2.02. The van der Waals surface area contributed by atoms with Crippen molar-refractivity contribution < 1.29 is 8.81 Å². The second-order valence-corrected chi connectivity index (χ2v) is 4.69. The maximum atomic E-state index is 13.6. The Morgan fingerprint density at radius 1 is 1.39 bits per heavy atom. The molecule has 0 aliphatic carbocycles. The van der Waals surface area contributed by atoms with E-state index in [4.69, 9.17) is 4.42 Å². The van der Waals surface area contributed by atoms with Gasteiger partial charge < -0.3 is 14.6 Å². The zero-order chi connectivity index (χ0) is 12.5. The summed E-state index contributed by atoms with van der Waals surface area (Å²) in [6.45, 7) is 0.834. The van der Waals surface area contributed by atoms with E-state index in [1.54, 1.807) is 18.6 Å². The number of hydrogen-bond donors (Lipinski definition) is 1. The topological polar surface area (TPSA) is 28.4 Å². The fourth-order valence-corrected chi connectivity index (χ4v) is 2.43. The van der Waals surface area contributed by atoms with Crippen LogP contribution in [0.25, 0.3) is 0 Å². The van der Waals surface area contributed by atoms with Gasteiger partial charge in [-0.25, -0.2) is 4.39 Å². The van der Waals surface area contributed by atoms with Gasteiger partial charge in [0.2, 0.25) is 0 Å². The van der Waals surface area contributed by atoms with E-state index in [2.05, 4.69) is 10.2 Å². The number of halogens is 1. The lowest BCUT2D eigenvalue weighted by Crippen LogP contribution is -2.40. The van der Waals surface area contributed by atoms with Crippen LogP contribution in [0.4, 0.5) is 15.8 Å². The van der Waals surface area contributed by atoms with Crippen LogP contribution in [-0.4, -0.2) is 19.6 Å². The van der Waals surface area contributed by atoms with Crippen LogP contribution in [-0.2, 0) is 6.42 Å². The Hall–Kier alpha value is -1.97. The number of likely N-dealkylation sites (N-methyl/N-ethyl adjacent to an activating group) is 1. The number of benzene rings is 1. The molecule has 94 valence electrons. The molecule has 3 rings (SSSR count). The van der Waals surface area contributed by atoms with Crippen LogP contribution in [0.2, 0.25) is 0 Å². The second-order valence-electron chi connectivity index (χ2n) is 4.69. The standard InChI is InChI=1S/C14H15FN2O/c1-17-7-11(16-13-8-18-9-14(13)17)6-10-4-2-3-5-12(10)15/h2-5,8-9,11,16H,6-7H2,1H3. The number of anilines is 2. The molecule has 0 spiro atoms. The Morgan fingerprint density at radius 2 is 2.22 bits per heavy atom. The first-order chi connectivity index (χ1) is 8.74. The summed E-state index contributed by atoms with van der Waals surface area (Å²) in [4.78, 5) is 2.13. The highest BCUT2D eigenvalue weighted by atomic mass is 19.1. The quantitative estimate of drug-likeness (QED) is 0.883. The van der Waals surface area contributed by atoms with Gasteiger partial charge in [0.25, 0.3) is 0 Å². The maximum Gasteiger partial charge on any atom is 0.126 e. The average molecular weight is 246 g/mol. The van der Waals surface area contributed by atoms with Gasteiger partial charge in [0.05, 0.1) is 11.4 Å². The molecule has 1 unspecified atom stereocenters. The molecule has 0 amide bonds. The Labute approximate surface area is 105 Å². The summed E-state index contributed by atoms with van der Waals surface area (Å²) in [5.41, 5.74) is 2.78. The van der Waals surface area contributed by atoms with Crippen LogP contribution in [0.5, 0.6) is 0 Å². The molecule has 1 atom stereocenters. The van der Waals surface area contributed by atoms with Crippen LogP contribution >= 0.6 is 0 Å². The molecule has 1 aromatic carbocycles. The number of fused-ring (bicyclic) bond motifs is 1. The summed E-state index contributed by atoms with van der Waals surface area (Å²) >= 11 is 0. The minimum absolute atomic E-state index is 0.139. The molecule has 0 saturated heterocycles. The zero-order valence-electron chi connectivity index (χ0n) is 10.2. The molecule has 0 saturated carbocycles. The van der Waals surface area contributed by atoms with Crippen molar-refractivity contribution in [2.24, 2.45) is 0 Å². The highest BCUT2D eigenvalue weighted by Gasteiger charge is 2.23. The lowest BCUT2D eigenvalue weighted by molar-refractivity contribution is 0.568. The first kappa shape index (κ1) is 11.1. The number of furan rings is 1. The van der Waals surface area contributed by atoms with Gasteiger partial charge >= 0.3 is 0 Å². The lowest BCUT2D eigenvalue weighted by Gasteiger charge is -2.32. The second kappa shape index (κ2) is 4.37. The zero-order valence-corrected chi connectivity index (χ0v) is 10.2. The van der Waals surface area contributed by atoms with E-state index in [9.17, 15) is 4.39 Å². The molecule has 1 aliphatic rings. The van der Waals surface area contributed by atoms with Crippen molar-refractivity contribution in [1.82, 2.24) is 0 Å². The fourth-order valence-electron chi connectivity index (χ4n) is 2.43. The largest absolute Gasteiger partial charge is 0.468 e. The van der Waals surface area contributed by atoms with Crippen LogP contribution in [0.1, 0.15) is 5.56 Å². The predicted octanol–water partition coefficient (Wildman–Crippen LogP) is 2.89. The van der Waals surface area contributed by atoms with Crippen molar-refractivity contribution >= 4 is 11.4 Å². The van der Waals surface area contributed by atoms with E-state index in [0.717, 1.165) is 23.5 Å². The Balaban J connectivity index is 1.78. The van der Waals surface area contributed by atoms with E-state index in [-0.39, 0.29) is 11.9 Å². The van der Waals surface area contributed by atoms with Gasteiger partial charge in [-0.3, -0.25) is 0 Å². The smallest absolute Gasteiger partial charge is 0.126 e. The van der Waals surface area contributed by atoms with Crippen molar-refractivity contribution in [3.63, 3.8) is 0 Å². The molecule has 0 fully saturated rings. The lowest BCUT2D eigenvalue weighted by atomic mass is 10.0. The highest BCUT2D eigenvalue weighted by Crippen LogP contribution is 2.31. The average Bonchev–Trinajstić information content (AvgIpc) is 2.81. The molecule has 4 heteroatoms. The third kappa shape index (κ3) is 1.94. The molecule has 1 aromatic heterocycles. The summed E-state index contributed by atoms with van der Waals surface area (Å²) in [6.07, 6.45) is 4.09. The number of rotatable bonds is 2. The van der Waals surface area contributed by atoms with Gasteiger partial charge in [0.15, 0.2) is 0 Å². The van der Waals surface area contributed by atoms with Gasteiger partial charge in [0.1, 0.15) is 18.3 Å². The van der Waals surface area contributed by atoms with Crippen LogP contribution in [0.15, 0.2) is 41.2 Å². The summed E-state index contributed by atoms with van der Waals surface area (Å²) < 4.78 is 18.8. The molecule has 0 radical (unpaired) electrons. The molecule has 2 heterocycles. The Morgan fingerprint density at radius 3 is 3.06 bits per heavy atom. The highest BCUT2D eigenvalue weighted by molar-refractivity contribution is 5.70. The van der Waals surface area contributed by atoms with Gasteiger partial charge in [0, 0.05) is 19.6 Å². The molecule has 1 aliphatic heterocycles. The van der Waals surface area contributed by atoms with E-state index in [1.165, 1.54) is 6.07 Å². The van der Waals surface area contributed by atoms with Crippen molar-refractivity contribution in [3.8, 4) is 0 Å². The normalized spacial score (nSPS) is 18.3. The fraction of sp³-hybridized carbons (Fsp3) is 0.286. The number of hydrogen-bond acceptors (Lipinski definition) is 3. The molecule has 1 N–H and O–H groups in total. The number of nitrogens with one attached hydrogen (secondary N) is 1. The minimum Gasteiger partial charge on any atom is -0.468 e. The summed E-state index contributed by atoms with van der Waals surface area (Å²) in [5.74, 6) is -0.139. The minimum atomic E-state index is -0.139. The molecule has 2 aromatic rings. The van der Waals surface area contributed by atoms with Crippen molar-refractivity contribution in [2.45, 2.75) is 12.5 Å². The third-order valence-electron chi connectivity index (χ3n) is 3.33. The molecule has 3 nitrogen and oxygen atoms in total. The van der Waals surface area contributed by atoms with Crippen LogP contribution in [0.3, 0.4) is 0 Å².